The number of aliphatic hydroxyl groups is 2. The first-order valence-corrected chi connectivity index (χ1v) is 13.0. The highest BCUT2D eigenvalue weighted by atomic mass is 19.4. The molecule has 1 heterocycles. The van der Waals surface area contributed by atoms with Gasteiger partial charge in [-0.1, -0.05) is 60.7 Å². The molecule has 9 heteroatoms. The summed E-state index contributed by atoms with van der Waals surface area (Å²) >= 11 is 0. The third kappa shape index (κ3) is 6.55. The van der Waals surface area contributed by atoms with Gasteiger partial charge in [0.15, 0.2) is 6.29 Å². The number of rotatable bonds is 8. The Kier molecular flexibility index (Phi) is 8.25. The number of carbonyl (C=O) groups is 1. The van der Waals surface area contributed by atoms with Gasteiger partial charge in [-0.2, -0.15) is 13.2 Å². The summed E-state index contributed by atoms with van der Waals surface area (Å²) in [5, 5.41) is 20.4. The molecular weight excluding hydrogens is 525 g/mol. The first-order valence-electron chi connectivity index (χ1n) is 13.0. The molecule has 1 saturated carbocycles. The number of benzene rings is 3. The Balaban J connectivity index is 1.23. The van der Waals surface area contributed by atoms with Crippen molar-refractivity contribution in [3.63, 3.8) is 0 Å². The fourth-order valence-electron chi connectivity index (χ4n) is 5.32. The fraction of sp³-hybridized carbons (Fsp3) is 0.323. The largest absolute Gasteiger partial charge is 0.491 e. The molecule has 1 saturated heterocycles. The average molecular weight is 555 g/mol. The van der Waals surface area contributed by atoms with Gasteiger partial charge >= 0.3 is 12.1 Å². The molecule has 0 aromatic heterocycles. The van der Waals surface area contributed by atoms with Crippen LogP contribution in [0.2, 0.25) is 0 Å². The molecule has 0 bridgehead atoms. The van der Waals surface area contributed by atoms with Crippen molar-refractivity contribution in [3.8, 4) is 16.9 Å². The Morgan fingerprint density at radius 2 is 1.73 bits per heavy atom. The maximum atomic E-state index is 13.0. The van der Waals surface area contributed by atoms with Crippen molar-refractivity contribution in [1.29, 1.82) is 0 Å². The van der Waals surface area contributed by atoms with Crippen LogP contribution in [0.15, 0.2) is 91.0 Å². The molecule has 1 aliphatic heterocycles. The summed E-state index contributed by atoms with van der Waals surface area (Å²) in [6.45, 7) is -0.268. The van der Waals surface area contributed by atoms with E-state index in [4.69, 9.17) is 14.2 Å². The van der Waals surface area contributed by atoms with Crippen LogP contribution in [-0.2, 0) is 15.7 Å². The standard InChI is InChI=1S/C31H29F3O6/c32-31(33,34)22-7-4-8-24(15-22)38-18-23(35)13-14-25-26-16-29(36)39-28(26)17-27(25)40-30(37)21-11-9-20(10-12-21)19-5-2-1-3-6-19/h1-15,23,25-29,35-36H,16-18H2/t23-,25-,26-,27-,28?,29+/m1/s1. The van der Waals surface area contributed by atoms with E-state index >= 15 is 0 Å². The summed E-state index contributed by atoms with van der Waals surface area (Å²) < 4.78 is 55.6. The molecule has 3 aromatic rings. The van der Waals surface area contributed by atoms with Gasteiger partial charge in [0.25, 0.3) is 0 Å². The zero-order valence-corrected chi connectivity index (χ0v) is 21.4. The molecule has 0 amide bonds. The van der Waals surface area contributed by atoms with Crippen molar-refractivity contribution >= 4 is 5.97 Å². The van der Waals surface area contributed by atoms with Crippen LogP contribution in [0, 0.1) is 11.8 Å². The molecule has 2 fully saturated rings. The number of ether oxygens (including phenoxy) is 3. The third-order valence-corrected chi connectivity index (χ3v) is 7.30. The number of halogens is 3. The lowest BCUT2D eigenvalue weighted by Gasteiger charge is -2.21. The van der Waals surface area contributed by atoms with E-state index in [-0.39, 0.29) is 30.3 Å². The fourth-order valence-corrected chi connectivity index (χ4v) is 5.32. The molecule has 1 aliphatic carbocycles. The Labute approximate surface area is 229 Å². The van der Waals surface area contributed by atoms with E-state index in [1.807, 2.05) is 42.5 Å². The maximum absolute atomic E-state index is 13.0. The molecule has 6 atom stereocenters. The summed E-state index contributed by atoms with van der Waals surface area (Å²) in [6.07, 6.45) is -3.45. The highest BCUT2D eigenvalue weighted by molar-refractivity contribution is 5.90. The lowest BCUT2D eigenvalue weighted by atomic mass is 9.91. The monoisotopic (exact) mass is 554 g/mol. The first kappa shape index (κ1) is 27.9. The van der Waals surface area contributed by atoms with Gasteiger partial charge in [0, 0.05) is 18.8 Å². The number of aliphatic hydroxyl groups excluding tert-OH is 2. The second-order valence-electron chi connectivity index (χ2n) is 10.0. The summed E-state index contributed by atoms with van der Waals surface area (Å²) in [5.74, 6) is -0.962. The topological polar surface area (TPSA) is 85.2 Å². The van der Waals surface area contributed by atoms with E-state index in [0.717, 1.165) is 23.3 Å². The van der Waals surface area contributed by atoms with Crippen LogP contribution < -0.4 is 4.74 Å². The Morgan fingerprint density at radius 1 is 1.00 bits per heavy atom. The molecule has 5 rings (SSSR count). The van der Waals surface area contributed by atoms with Crippen LogP contribution in [0.3, 0.4) is 0 Å². The van der Waals surface area contributed by atoms with Gasteiger partial charge in [0.2, 0.25) is 0 Å². The summed E-state index contributed by atoms with van der Waals surface area (Å²) in [5.41, 5.74) is 1.56. The smallest absolute Gasteiger partial charge is 0.416 e. The highest BCUT2D eigenvalue weighted by Gasteiger charge is 2.50. The summed E-state index contributed by atoms with van der Waals surface area (Å²) in [7, 11) is 0. The minimum absolute atomic E-state index is 0.0133. The van der Waals surface area contributed by atoms with Crippen LogP contribution in [0.25, 0.3) is 11.1 Å². The van der Waals surface area contributed by atoms with Crippen LogP contribution in [0.1, 0.15) is 28.8 Å². The normalized spacial score (nSPS) is 25.1. The van der Waals surface area contributed by atoms with Crippen molar-refractivity contribution in [2.24, 2.45) is 11.8 Å². The molecule has 0 radical (unpaired) electrons. The van der Waals surface area contributed by atoms with Crippen LogP contribution >= 0.6 is 0 Å². The van der Waals surface area contributed by atoms with Crippen molar-refractivity contribution in [3.05, 3.63) is 102 Å². The van der Waals surface area contributed by atoms with Crippen molar-refractivity contribution in [1.82, 2.24) is 0 Å². The van der Waals surface area contributed by atoms with Crippen LogP contribution in [0.4, 0.5) is 13.2 Å². The number of carbonyl (C=O) groups excluding carboxylic acids is 1. The molecule has 6 nitrogen and oxygen atoms in total. The van der Waals surface area contributed by atoms with E-state index in [1.54, 1.807) is 18.2 Å². The van der Waals surface area contributed by atoms with Gasteiger partial charge < -0.3 is 24.4 Å². The van der Waals surface area contributed by atoms with E-state index in [0.29, 0.717) is 18.4 Å². The lowest BCUT2D eigenvalue weighted by Crippen LogP contribution is -2.26. The van der Waals surface area contributed by atoms with E-state index in [2.05, 4.69) is 0 Å². The Morgan fingerprint density at radius 3 is 2.45 bits per heavy atom. The SMILES string of the molecule is O=C(O[C@@H]1CC2O[C@H](O)C[C@@H]2[C@H]1C=C[C@@H](O)COc1cccc(C(F)(F)F)c1)c1ccc(-c2ccccc2)cc1. The molecule has 1 unspecified atom stereocenters. The van der Waals surface area contributed by atoms with Gasteiger partial charge in [0.1, 0.15) is 24.6 Å². The number of hydrogen-bond donors (Lipinski definition) is 2. The number of fused-ring (bicyclic) bond motifs is 1. The van der Waals surface area contributed by atoms with Gasteiger partial charge in [-0.3, -0.25) is 0 Å². The second-order valence-corrected chi connectivity index (χ2v) is 10.0. The van der Waals surface area contributed by atoms with E-state index < -0.39 is 36.2 Å². The predicted octanol–water partition coefficient (Wildman–Crippen LogP) is 5.64. The van der Waals surface area contributed by atoms with Crippen LogP contribution in [0.5, 0.6) is 5.75 Å². The number of esters is 1. The first-order chi connectivity index (χ1) is 19.2. The minimum atomic E-state index is -4.50. The quantitative estimate of drug-likeness (QED) is 0.277. The molecular formula is C31H29F3O6. The maximum Gasteiger partial charge on any atom is 0.416 e. The van der Waals surface area contributed by atoms with Gasteiger partial charge in [0.05, 0.1) is 17.2 Å². The van der Waals surface area contributed by atoms with Gasteiger partial charge in [-0.05, 0) is 47.4 Å². The number of hydrogen-bond acceptors (Lipinski definition) is 6. The molecule has 210 valence electrons. The van der Waals surface area contributed by atoms with Crippen LogP contribution in [-0.4, -0.2) is 47.4 Å². The lowest BCUT2D eigenvalue weighted by molar-refractivity contribution is -0.137. The number of alkyl halides is 3. The van der Waals surface area contributed by atoms with Gasteiger partial charge in [-0.15, -0.1) is 0 Å². The van der Waals surface area contributed by atoms with Crippen molar-refractivity contribution < 1.29 is 42.4 Å². The zero-order valence-electron chi connectivity index (χ0n) is 21.4. The molecule has 40 heavy (non-hydrogen) atoms. The Hall–Kier alpha value is -3.66. The molecule has 3 aromatic carbocycles. The predicted molar refractivity (Wildman–Crippen MR) is 140 cm³/mol. The second kappa shape index (κ2) is 11.8. The average Bonchev–Trinajstić information content (AvgIpc) is 3.46. The zero-order chi connectivity index (χ0) is 28.3. The molecule has 2 aliphatic rings. The van der Waals surface area contributed by atoms with Crippen molar-refractivity contribution in [2.75, 3.05) is 6.61 Å². The summed E-state index contributed by atoms with van der Waals surface area (Å²) in [6, 6.07) is 21.3. The van der Waals surface area contributed by atoms with Crippen molar-refractivity contribution in [2.45, 2.75) is 43.6 Å². The van der Waals surface area contributed by atoms with E-state index in [1.165, 1.54) is 18.2 Å². The molecule has 0 spiro atoms. The van der Waals surface area contributed by atoms with E-state index in [9.17, 15) is 28.2 Å². The third-order valence-electron chi connectivity index (χ3n) is 7.30. The summed E-state index contributed by atoms with van der Waals surface area (Å²) in [4.78, 5) is 13.0. The Bertz CT molecular complexity index is 1320. The molecule has 2 N–H and O–H groups in total. The minimum Gasteiger partial charge on any atom is -0.491 e. The van der Waals surface area contributed by atoms with Gasteiger partial charge in [-0.25, -0.2) is 4.79 Å². The highest BCUT2D eigenvalue weighted by Crippen LogP contribution is 2.45.